The molecule has 1 aliphatic rings. The van der Waals surface area contributed by atoms with Crippen molar-refractivity contribution in [2.24, 2.45) is 0 Å². The Labute approximate surface area is 653 Å². The van der Waals surface area contributed by atoms with Crippen LogP contribution in [0.5, 0.6) is 46.0 Å². The predicted octanol–water partition coefficient (Wildman–Crippen LogP) is 4.18. The van der Waals surface area contributed by atoms with Crippen LogP contribution in [0.25, 0.3) is 0 Å². The zero-order valence-corrected chi connectivity index (χ0v) is 63.4. The molecule has 7 unspecified atom stereocenters. The Morgan fingerprint density at radius 1 is 0.307 bits per heavy atom. The molecule has 114 heavy (non-hydrogen) atoms. The number of aromatic carboxylic acids is 2. The van der Waals surface area contributed by atoms with Crippen LogP contribution in [0.3, 0.4) is 0 Å². The van der Waals surface area contributed by atoms with E-state index in [2.05, 4.69) is 46.1 Å². The van der Waals surface area contributed by atoms with Crippen LogP contribution in [-0.2, 0) is 80.9 Å². The topological polar surface area (TPSA) is 563 Å². The number of hydrogen-bond donors (Lipinski definition) is 12. The minimum Gasteiger partial charge on any atom is -0.508 e. The fourth-order valence-corrected chi connectivity index (χ4v) is 6.94. The zero-order valence-electron chi connectivity index (χ0n) is 63.4. The summed E-state index contributed by atoms with van der Waals surface area (Å²) in [5.41, 5.74) is 1.04. The molecule has 0 spiro atoms. The van der Waals surface area contributed by atoms with Crippen LogP contribution >= 0.6 is 0 Å². The Hall–Kier alpha value is -12.7. The standard InChI is InChI=1S/3C21H26O10.C7H6O4.C7H10O3/c1-12(2)20(26)30-10-15(22)8-28-17-5-14(19(24)25)6-18(7-17)29-9-16(23)11-31-21(27)13(3)4;2*1-12(2)19(25)29-9-16(23)8-28-18-6-14(5-15(22)7-18)21(27)31-11-17(24)10-30-20(26)13(3)4;8-5-1-4(7(10)11)2-6(9)3-5;1-5(2)7(8)10-4-6-3-9-6/h5-7,15-16,22-23H,1,3,8-11H2,2,4H3,(H,24,25);2*5-7,16-17,22-24H,1,3,8-11H2,2,4H3;1-3,8-9H,(H,10,11);6H,1,3-4H2,2H3. The van der Waals surface area contributed by atoms with Crippen LogP contribution < -0.4 is 18.9 Å². The molecular formula is C77H94O37. The molecule has 624 valence electrons. The maximum Gasteiger partial charge on any atom is 0.338 e. The Bertz CT molecular complexity index is 3840. The number of rotatable bonds is 41. The second-order valence-electron chi connectivity index (χ2n) is 24.4. The number of esters is 9. The van der Waals surface area contributed by atoms with Crippen LogP contribution in [0.15, 0.2) is 158 Å². The normalized spacial score (nSPS) is 12.8. The molecule has 1 fully saturated rings. The van der Waals surface area contributed by atoms with Gasteiger partial charge in [-0.15, -0.1) is 0 Å². The van der Waals surface area contributed by atoms with Crippen molar-refractivity contribution in [3.63, 3.8) is 0 Å². The maximum absolute atomic E-state index is 12.1. The number of phenolic OH excluding ortho intramolecular Hbond substituents is 4. The van der Waals surface area contributed by atoms with Crippen LogP contribution in [0.1, 0.15) is 89.9 Å². The quantitative estimate of drug-likeness (QED) is 0.0128. The number of hydrogen-bond acceptors (Lipinski definition) is 35. The van der Waals surface area contributed by atoms with Crippen LogP contribution in [0.2, 0.25) is 0 Å². The molecule has 1 aliphatic heterocycles. The van der Waals surface area contributed by atoms with Crippen molar-refractivity contribution in [2.45, 2.75) is 91.2 Å². The smallest absolute Gasteiger partial charge is 0.338 e. The predicted molar refractivity (Wildman–Crippen MR) is 395 cm³/mol. The Morgan fingerprint density at radius 2 is 0.509 bits per heavy atom. The van der Waals surface area contributed by atoms with Gasteiger partial charge in [0.15, 0.2) is 0 Å². The van der Waals surface area contributed by atoms with Gasteiger partial charge in [0.05, 0.1) is 28.9 Å². The first kappa shape index (κ1) is 99.4. The molecular weight excluding hydrogens is 1520 g/mol. The summed E-state index contributed by atoms with van der Waals surface area (Å²) in [7, 11) is 0. The number of carbonyl (C=O) groups is 11. The highest BCUT2D eigenvalue weighted by molar-refractivity contribution is 5.93. The van der Waals surface area contributed by atoms with E-state index in [9.17, 15) is 98.7 Å². The number of carbonyl (C=O) groups excluding carboxylic acids is 9. The molecule has 1 saturated heterocycles. The average molecular weight is 1610 g/mol. The summed E-state index contributed by atoms with van der Waals surface area (Å²) in [6.45, 7) is 31.2. The number of phenols is 4. The second kappa shape index (κ2) is 51.7. The van der Waals surface area contributed by atoms with E-state index >= 15 is 0 Å². The van der Waals surface area contributed by atoms with Crippen molar-refractivity contribution in [2.75, 3.05) is 92.5 Å². The summed E-state index contributed by atoms with van der Waals surface area (Å²) in [6, 6.07) is 14.1. The van der Waals surface area contributed by atoms with Crippen LogP contribution in [0, 0.1) is 0 Å². The van der Waals surface area contributed by atoms with E-state index in [0.29, 0.717) is 18.8 Å². The lowest BCUT2D eigenvalue weighted by atomic mass is 10.2. The van der Waals surface area contributed by atoms with Gasteiger partial charge >= 0.3 is 65.7 Å². The molecule has 0 amide bonds. The first-order valence-electron chi connectivity index (χ1n) is 33.4. The van der Waals surface area contributed by atoms with Crippen molar-refractivity contribution in [3.8, 4) is 46.0 Å². The molecule has 0 aromatic heterocycles. The Kier molecular flexibility index (Phi) is 45.1. The minimum absolute atomic E-state index is 0.0492. The van der Waals surface area contributed by atoms with Gasteiger partial charge in [0.1, 0.15) is 175 Å². The third kappa shape index (κ3) is 44.3. The van der Waals surface area contributed by atoms with Crippen molar-refractivity contribution in [3.05, 3.63) is 180 Å². The SMILES string of the molecule is C=C(C)C(=O)OCC(O)COC(=O)c1cc(O)cc(OCC(O)COC(=O)C(=C)C)c1.C=C(C)C(=O)OCC(O)COC(=O)c1cc(O)cc(OCC(O)COC(=O)C(=C)C)c1.C=C(C)C(=O)OCC(O)COc1cc(OCC(O)COC(=O)C(=C)C)cc(C(=O)O)c1.C=C(C)C(=O)OCC1CO1.O=C(O)c1cc(O)cc(O)c1. The molecule has 7 atom stereocenters. The van der Waals surface area contributed by atoms with Gasteiger partial charge in [-0.2, -0.15) is 0 Å². The number of carboxylic acid groups (broad SMARTS) is 2. The highest BCUT2D eigenvalue weighted by Gasteiger charge is 2.25. The van der Waals surface area contributed by atoms with Crippen molar-refractivity contribution >= 4 is 65.7 Å². The summed E-state index contributed by atoms with van der Waals surface area (Å²) < 4.78 is 69.4. The van der Waals surface area contributed by atoms with Gasteiger partial charge in [0.25, 0.3) is 0 Å². The fourth-order valence-electron chi connectivity index (χ4n) is 6.94. The summed E-state index contributed by atoms with van der Waals surface area (Å²) >= 11 is 0. The molecule has 5 rings (SSSR count). The summed E-state index contributed by atoms with van der Waals surface area (Å²) in [5.74, 6) is -9.39. The second-order valence-corrected chi connectivity index (χ2v) is 24.4. The monoisotopic (exact) mass is 1610 g/mol. The van der Waals surface area contributed by atoms with E-state index in [4.69, 9.17) is 81.6 Å². The largest absolute Gasteiger partial charge is 0.508 e. The molecule has 0 saturated carbocycles. The summed E-state index contributed by atoms with van der Waals surface area (Å²) in [5, 5.41) is 114. The van der Waals surface area contributed by atoms with Crippen molar-refractivity contribution in [1.29, 1.82) is 0 Å². The van der Waals surface area contributed by atoms with Gasteiger partial charge in [-0.05, 0) is 97.0 Å². The number of aromatic hydroxyl groups is 4. The Morgan fingerprint density at radius 3 is 0.754 bits per heavy atom. The molecule has 12 N–H and O–H groups in total. The van der Waals surface area contributed by atoms with E-state index in [1.807, 2.05) is 0 Å². The molecule has 0 aliphatic carbocycles. The zero-order chi connectivity index (χ0) is 86.6. The fraction of sp³-hybridized carbons (Fsp3) is 0.364. The van der Waals surface area contributed by atoms with E-state index in [1.54, 1.807) is 6.92 Å². The number of aliphatic hydroxyl groups excluding tert-OH is 6. The molecule has 0 bridgehead atoms. The van der Waals surface area contributed by atoms with Crippen LogP contribution in [-0.4, -0.2) is 262 Å². The first-order valence-corrected chi connectivity index (χ1v) is 33.4. The number of ether oxygens (including phenoxy) is 14. The van der Waals surface area contributed by atoms with E-state index in [0.717, 1.165) is 30.3 Å². The third-order valence-corrected chi connectivity index (χ3v) is 12.8. The van der Waals surface area contributed by atoms with Gasteiger partial charge in [-0.1, -0.05) is 46.1 Å². The first-order chi connectivity index (χ1) is 53.3. The minimum atomic E-state index is -1.25. The number of epoxide rings is 1. The summed E-state index contributed by atoms with van der Waals surface area (Å²) in [6.07, 6.45) is -6.99. The third-order valence-electron chi connectivity index (χ3n) is 12.8. The molecule has 0 radical (unpaired) electrons. The molecule has 37 heteroatoms. The maximum atomic E-state index is 12.1. The summed E-state index contributed by atoms with van der Waals surface area (Å²) in [4.78, 5) is 124. The number of benzene rings is 4. The lowest BCUT2D eigenvalue weighted by Gasteiger charge is -2.16. The lowest BCUT2D eigenvalue weighted by molar-refractivity contribution is -0.143. The Balaban J connectivity index is 0.000000754. The van der Waals surface area contributed by atoms with E-state index in [-0.39, 0.29) is 180 Å². The molecule has 1 heterocycles. The highest BCUT2D eigenvalue weighted by Crippen LogP contribution is 2.27. The van der Waals surface area contributed by atoms with Gasteiger partial charge in [-0.3, -0.25) is 0 Å². The van der Waals surface area contributed by atoms with Gasteiger partial charge in [-0.25, -0.2) is 52.7 Å². The number of carboxylic acids is 2. The van der Waals surface area contributed by atoms with E-state index in [1.165, 1.54) is 84.0 Å². The highest BCUT2D eigenvalue weighted by atomic mass is 16.6. The van der Waals surface area contributed by atoms with Gasteiger partial charge in [0.2, 0.25) is 0 Å². The molecule has 37 nitrogen and oxygen atoms in total. The molecule has 4 aromatic carbocycles. The van der Waals surface area contributed by atoms with Gasteiger partial charge in [0, 0.05) is 63.3 Å². The molecule has 4 aromatic rings. The van der Waals surface area contributed by atoms with E-state index < -0.39 is 110 Å². The van der Waals surface area contributed by atoms with Crippen molar-refractivity contribution < 1.29 is 180 Å². The van der Waals surface area contributed by atoms with Crippen LogP contribution in [0.4, 0.5) is 0 Å². The number of aliphatic hydroxyl groups is 6. The average Bonchev–Trinajstić information content (AvgIpc) is 1.12. The lowest BCUT2D eigenvalue weighted by Crippen LogP contribution is -2.26. The van der Waals surface area contributed by atoms with Gasteiger partial charge < -0.3 is 128 Å². The van der Waals surface area contributed by atoms with Crippen molar-refractivity contribution in [1.82, 2.24) is 0 Å².